The second-order valence-electron chi connectivity index (χ2n) is 4.55. The number of likely N-dealkylation sites (N-methyl/N-ethyl adjacent to an activating group) is 1. The largest absolute Gasteiger partial charge is 0.389 e. The Labute approximate surface area is 109 Å². The van der Waals surface area contributed by atoms with E-state index in [-0.39, 0.29) is 25.6 Å². The Morgan fingerprint density at radius 2 is 2.00 bits per heavy atom. The monoisotopic (exact) mass is 282 g/mol. The number of carbonyl (C=O) groups is 2. The summed E-state index contributed by atoms with van der Waals surface area (Å²) in [5.41, 5.74) is 0. The van der Waals surface area contributed by atoms with E-state index in [9.17, 15) is 22.8 Å². The Hall–Kier alpha value is -1.31. The smallest absolute Gasteiger partial charge is 0.365 e. The van der Waals surface area contributed by atoms with Gasteiger partial charge in [-0.3, -0.25) is 9.59 Å². The maximum absolute atomic E-state index is 12.0. The van der Waals surface area contributed by atoms with Gasteiger partial charge >= 0.3 is 6.18 Å². The van der Waals surface area contributed by atoms with Gasteiger partial charge in [0.25, 0.3) is 5.91 Å². The number of halogens is 3. The molecular weight excluding hydrogens is 265 g/mol. The molecule has 1 heterocycles. The molecule has 0 aromatic heterocycles. The second-order valence-corrected chi connectivity index (χ2v) is 4.55. The molecule has 1 aliphatic rings. The van der Waals surface area contributed by atoms with E-state index in [1.54, 1.807) is 14.1 Å². The van der Waals surface area contributed by atoms with Gasteiger partial charge in [-0.2, -0.15) is 13.2 Å². The molecule has 0 radical (unpaired) electrons. The summed E-state index contributed by atoms with van der Waals surface area (Å²) in [4.78, 5) is 25.9. The zero-order chi connectivity index (χ0) is 14.6. The summed E-state index contributed by atoms with van der Waals surface area (Å²) in [6.45, 7) is 0.379. The Bertz CT molecular complexity index is 345. The standard InChI is InChI=1S/C11H17F3N2O3/c1-15(2)10(18)8-7-16(5-6-19-8)9(17)3-4-11(12,13)14/h8H,3-7H2,1-2H3/t8-/m1/s1. The number of hydrogen-bond donors (Lipinski definition) is 0. The van der Waals surface area contributed by atoms with Crippen LogP contribution in [-0.2, 0) is 14.3 Å². The predicted molar refractivity (Wildman–Crippen MR) is 60.3 cm³/mol. The molecule has 0 aliphatic carbocycles. The van der Waals surface area contributed by atoms with Gasteiger partial charge in [-0.25, -0.2) is 0 Å². The van der Waals surface area contributed by atoms with Crippen LogP contribution in [0.15, 0.2) is 0 Å². The highest BCUT2D eigenvalue weighted by molar-refractivity contribution is 5.82. The molecule has 0 aromatic rings. The first-order chi connectivity index (χ1) is 8.70. The summed E-state index contributed by atoms with van der Waals surface area (Å²) >= 11 is 0. The van der Waals surface area contributed by atoms with Gasteiger partial charge in [0, 0.05) is 27.1 Å². The van der Waals surface area contributed by atoms with Crippen LogP contribution < -0.4 is 0 Å². The first kappa shape index (κ1) is 15.7. The summed E-state index contributed by atoms with van der Waals surface area (Å²) in [7, 11) is 3.10. The summed E-state index contributed by atoms with van der Waals surface area (Å²) in [6, 6.07) is 0. The number of carbonyl (C=O) groups excluding carboxylic acids is 2. The molecule has 1 atom stereocenters. The summed E-state index contributed by atoms with van der Waals surface area (Å²) in [5, 5.41) is 0. The lowest BCUT2D eigenvalue weighted by Crippen LogP contribution is -2.51. The molecule has 5 nitrogen and oxygen atoms in total. The van der Waals surface area contributed by atoms with Crippen molar-refractivity contribution in [2.75, 3.05) is 33.8 Å². The van der Waals surface area contributed by atoms with Crippen molar-refractivity contribution in [1.29, 1.82) is 0 Å². The van der Waals surface area contributed by atoms with Crippen molar-refractivity contribution in [3.8, 4) is 0 Å². The number of morpholine rings is 1. The fraction of sp³-hybridized carbons (Fsp3) is 0.818. The highest BCUT2D eigenvalue weighted by Crippen LogP contribution is 2.22. The molecule has 19 heavy (non-hydrogen) atoms. The molecule has 1 fully saturated rings. The van der Waals surface area contributed by atoms with Gasteiger partial charge in [0.1, 0.15) is 0 Å². The van der Waals surface area contributed by atoms with Crippen LogP contribution in [0.1, 0.15) is 12.8 Å². The van der Waals surface area contributed by atoms with Crippen molar-refractivity contribution in [3.05, 3.63) is 0 Å². The molecule has 1 rings (SSSR count). The molecule has 0 bridgehead atoms. The number of alkyl halides is 3. The summed E-state index contributed by atoms with van der Waals surface area (Å²) in [5.74, 6) is -0.898. The highest BCUT2D eigenvalue weighted by Gasteiger charge is 2.33. The van der Waals surface area contributed by atoms with Crippen molar-refractivity contribution in [2.45, 2.75) is 25.1 Å². The Kier molecular flexibility index (Phi) is 5.16. The maximum atomic E-state index is 12.0. The lowest BCUT2D eigenvalue weighted by Gasteiger charge is -2.33. The molecule has 110 valence electrons. The molecule has 1 saturated heterocycles. The number of rotatable bonds is 3. The third-order valence-electron chi connectivity index (χ3n) is 2.76. The van der Waals surface area contributed by atoms with E-state index in [2.05, 4.69) is 0 Å². The molecule has 0 unspecified atom stereocenters. The lowest BCUT2D eigenvalue weighted by molar-refractivity contribution is -0.158. The first-order valence-electron chi connectivity index (χ1n) is 5.88. The Morgan fingerprint density at radius 3 is 2.53 bits per heavy atom. The molecule has 8 heteroatoms. The SMILES string of the molecule is CN(C)C(=O)[C@H]1CN(C(=O)CCC(F)(F)F)CCO1. The number of amides is 2. The van der Waals surface area contributed by atoms with Crippen molar-refractivity contribution >= 4 is 11.8 Å². The van der Waals surface area contributed by atoms with Gasteiger partial charge in [0.15, 0.2) is 6.10 Å². The van der Waals surface area contributed by atoms with Gasteiger partial charge in [-0.05, 0) is 0 Å². The summed E-state index contributed by atoms with van der Waals surface area (Å²) in [6.07, 6.45) is -6.87. The van der Waals surface area contributed by atoms with Crippen molar-refractivity contribution in [3.63, 3.8) is 0 Å². The maximum Gasteiger partial charge on any atom is 0.389 e. The molecular formula is C11H17F3N2O3. The van der Waals surface area contributed by atoms with Gasteiger partial charge in [0.2, 0.25) is 5.91 Å². The second kappa shape index (κ2) is 6.23. The third kappa shape index (κ3) is 5.06. The van der Waals surface area contributed by atoms with E-state index >= 15 is 0 Å². The van der Waals surface area contributed by atoms with Crippen LogP contribution in [0.2, 0.25) is 0 Å². The molecule has 2 amide bonds. The Morgan fingerprint density at radius 1 is 1.37 bits per heavy atom. The Balaban J connectivity index is 2.50. The molecule has 0 saturated carbocycles. The average Bonchev–Trinajstić information content (AvgIpc) is 2.34. The number of hydrogen-bond acceptors (Lipinski definition) is 3. The summed E-state index contributed by atoms with van der Waals surface area (Å²) < 4.78 is 41.3. The van der Waals surface area contributed by atoms with Crippen LogP contribution in [0, 0.1) is 0 Å². The van der Waals surface area contributed by atoms with Gasteiger partial charge in [-0.15, -0.1) is 0 Å². The fourth-order valence-corrected chi connectivity index (χ4v) is 1.72. The zero-order valence-electron chi connectivity index (χ0n) is 10.9. The van der Waals surface area contributed by atoms with E-state index in [1.165, 1.54) is 9.80 Å². The van der Waals surface area contributed by atoms with E-state index in [0.29, 0.717) is 0 Å². The zero-order valence-corrected chi connectivity index (χ0v) is 10.9. The van der Waals surface area contributed by atoms with Crippen LogP contribution in [-0.4, -0.2) is 67.7 Å². The van der Waals surface area contributed by atoms with Crippen LogP contribution >= 0.6 is 0 Å². The first-order valence-corrected chi connectivity index (χ1v) is 5.88. The van der Waals surface area contributed by atoms with Crippen LogP contribution in [0.4, 0.5) is 13.2 Å². The predicted octanol–water partition coefficient (Wildman–Crippen LogP) is 0.644. The van der Waals surface area contributed by atoms with Gasteiger partial charge in [-0.1, -0.05) is 0 Å². The topological polar surface area (TPSA) is 49.9 Å². The van der Waals surface area contributed by atoms with Crippen LogP contribution in [0.25, 0.3) is 0 Å². The van der Waals surface area contributed by atoms with E-state index in [1.807, 2.05) is 0 Å². The highest BCUT2D eigenvalue weighted by atomic mass is 19.4. The van der Waals surface area contributed by atoms with Gasteiger partial charge in [0.05, 0.1) is 19.6 Å². The number of nitrogens with zero attached hydrogens (tertiary/aromatic N) is 2. The van der Waals surface area contributed by atoms with E-state index in [4.69, 9.17) is 4.74 Å². The van der Waals surface area contributed by atoms with Crippen molar-refractivity contribution in [2.24, 2.45) is 0 Å². The van der Waals surface area contributed by atoms with E-state index in [0.717, 1.165) is 0 Å². The third-order valence-corrected chi connectivity index (χ3v) is 2.76. The van der Waals surface area contributed by atoms with E-state index < -0.39 is 31.0 Å². The lowest BCUT2D eigenvalue weighted by atomic mass is 10.2. The minimum atomic E-state index is -4.35. The van der Waals surface area contributed by atoms with Crippen LogP contribution in [0.3, 0.4) is 0 Å². The van der Waals surface area contributed by atoms with Crippen molar-refractivity contribution < 1.29 is 27.5 Å². The molecule has 0 N–H and O–H groups in total. The number of ether oxygens (including phenoxy) is 1. The quantitative estimate of drug-likeness (QED) is 0.763. The normalized spacial score (nSPS) is 20.3. The van der Waals surface area contributed by atoms with Gasteiger partial charge < -0.3 is 14.5 Å². The minimum Gasteiger partial charge on any atom is -0.365 e. The average molecular weight is 282 g/mol. The van der Waals surface area contributed by atoms with Crippen LogP contribution in [0.5, 0.6) is 0 Å². The molecule has 0 spiro atoms. The molecule has 0 aromatic carbocycles. The molecule has 1 aliphatic heterocycles. The minimum absolute atomic E-state index is 0.00764. The fourth-order valence-electron chi connectivity index (χ4n) is 1.72. The van der Waals surface area contributed by atoms with Crippen molar-refractivity contribution in [1.82, 2.24) is 9.80 Å².